The zero-order valence-electron chi connectivity index (χ0n) is 17.3. The summed E-state index contributed by atoms with van der Waals surface area (Å²) in [4.78, 5) is 4.12. The van der Waals surface area contributed by atoms with E-state index in [4.69, 9.17) is 4.74 Å². The van der Waals surface area contributed by atoms with Crippen LogP contribution in [0.4, 0.5) is 0 Å². The fraction of sp³-hybridized carbons (Fsp3) is 0.632. The second-order valence-corrected chi connectivity index (χ2v) is 8.19. The first kappa shape index (κ1) is 27.1. The topological polar surface area (TPSA) is 83.0 Å². The van der Waals surface area contributed by atoms with Gasteiger partial charge in [0.25, 0.3) is 0 Å². The lowest BCUT2D eigenvalue weighted by Gasteiger charge is -2.19. The van der Waals surface area contributed by atoms with Gasteiger partial charge in [-0.15, -0.1) is 24.0 Å². The van der Waals surface area contributed by atoms with Crippen molar-refractivity contribution in [2.45, 2.75) is 33.3 Å². The number of ether oxygens (including phenoxy) is 1. The first-order chi connectivity index (χ1) is 12.9. The Labute approximate surface area is 187 Å². The molecule has 0 aliphatic carbocycles. The third kappa shape index (κ3) is 10.0. The highest BCUT2D eigenvalue weighted by atomic mass is 127. The van der Waals surface area contributed by atoms with E-state index in [1.807, 2.05) is 39.0 Å². The van der Waals surface area contributed by atoms with Gasteiger partial charge in [-0.3, -0.25) is 4.99 Å². The maximum Gasteiger partial charge on any atom is 0.215 e. The van der Waals surface area contributed by atoms with E-state index in [2.05, 4.69) is 27.8 Å². The number of nitrogens with zero attached hydrogens (tertiary/aromatic N) is 2. The van der Waals surface area contributed by atoms with Gasteiger partial charge in [0.2, 0.25) is 10.0 Å². The Morgan fingerprint density at radius 2 is 1.75 bits per heavy atom. The molecule has 0 spiro atoms. The number of aliphatic imine (C=N–C) groups is 1. The van der Waals surface area contributed by atoms with Gasteiger partial charge in [0, 0.05) is 39.8 Å². The van der Waals surface area contributed by atoms with Gasteiger partial charge in [0.1, 0.15) is 0 Å². The molecule has 0 heterocycles. The predicted octanol–water partition coefficient (Wildman–Crippen LogP) is 2.61. The van der Waals surface area contributed by atoms with E-state index in [1.54, 1.807) is 7.05 Å². The van der Waals surface area contributed by atoms with E-state index >= 15 is 0 Å². The second-order valence-electron chi connectivity index (χ2n) is 6.10. The molecule has 0 aromatic heterocycles. The van der Waals surface area contributed by atoms with Crippen molar-refractivity contribution in [2.24, 2.45) is 4.99 Å². The minimum atomic E-state index is -3.22. The molecule has 1 unspecified atom stereocenters. The van der Waals surface area contributed by atoms with E-state index < -0.39 is 10.0 Å². The number of hydrogen-bond donors (Lipinski definition) is 2. The molecule has 28 heavy (non-hydrogen) atoms. The summed E-state index contributed by atoms with van der Waals surface area (Å²) in [6.07, 6.45) is 0.893. The van der Waals surface area contributed by atoms with Gasteiger partial charge in [-0.2, -0.15) is 0 Å². The third-order valence-electron chi connectivity index (χ3n) is 4.23. The van der Waals surface area contributed by atoms with Crippen LogP contribution in [0.2, 0.25) is 0 Å². The van der Waals surface area contributed by atoms with Crippen LogP contribution in [0.3, 0.4) is 0 Å². The molecule has 9 heteroatoms. The Morgan fingerprint density at radius 3 is 2.32 bits per heavy atom. The fourth-order valence-electron chi connectivity index (χ4n) is 2.62. The Kier molecular flexibility index (Phi) is 14.5. The molecule has 1 rings (SSSR count). The molecular weight excluding hydrogens is 491 g/mol. The molecule has 0 fully saturated rings. The van der Waals surface area contributed by atoms with Gasteiger partial charge in [-0.1, -0.05) is 44.2 Å². The molecule has 1 aromatic rings. The summed E-state index contributed by atoms with van der Waals surface area (Å²) in [5.41, 5.74) is 1.16. The number of rotatable bonds is 12. The molecule has 0 aliphatic rings. The lowest BCUT2D eigenvalue weighted by Crippen LogP contribution is -2.42. The smallest absolute Gasteiger partial charge is 0.215 e. The van der Waals surface area contributed by atoms with E-state index in [-0.39, 0.29) is 35.8 Å². The standard InChI is InChI=1S/C19H34N4O3S.HI/c1-5-23(6-2)27(24,25)16-14-22-19(20-4)21-13-10-15-26-17(3)18-11-8-7-9-12-18;/h7-9,11-12,17H,5-6,10,13-16H2,1-4H3,(H2,20,21,22);1H. The summed E-state index contributed by atoms with van der Waals surface area (Å²) in [6.45, 7) is 8.37. The van der Waals surface area contributed by atoms with Crippen molar-refractivity contribution in [1.29, 1.82) is 0 Å². The molecule has 0 aliphatic heterocycles. The van der Waals surface area contributed by atoms with Crippen LogP contribution in [0.1, 0.15) is 38.9 Å². The Bertz CT molecular complexity index is 652. The van der Waals surface area contributed by atoms with Crippen LogP contribution >= 0.6 is 24.0 Å². The summed E-state index contributed by atoms with van der Waals surface area (Å²) in [6, 6.07) is 10.1. The van der Waals surface area contributed by atoms with Crippen LogP contribution in [-0.2, 0) is 14.8 Å². The van der Waals surface area contributed by atoms with Crippen LogP contribution in [0.25, 0.3) is 0 Å². The lowest BCUT2D eigenvalue weighted by molar-refractivity contribution is 0.0646. The van der Waals surface area contributed by atoms with Crippen molar-refractivity contribution in [1.82, 2.24) is 14.9 Å². The van der Waals surface area contributed by atoms with Crippen LogP contribution < -0.4 is 10.6 Å². The number of halogens is 1. The fourth-order valence-corrected chi connectivity index (χ4v) is 4.03. The van der Waals surface area contributed by atoms with Crippen molar-refractivity contribution in [3.05, 3.63) is 35.9 Å². The van der Waals surface area contributed by atoms with E-state index in [0.29, 0.717) is 38.7 Å². The molecule has 1 aromatic carbocycles. The van der Waals surface area contributed by atoms with Crippen molar-refractivity contribution < 1.29 is 13.2 Å². The van der Waals surface area contributed by atoms with Crippen molar-refractivity contribution >= 4 is 40.0 Å². The molecule has 0 saturated carbocycles. The van der Waals surface area contributed by atoms with Gasteiger partial charge < -0.3 is 15.4 Å². The first-order valence-corrected chi connectivity index (χ1v) is 11.1. The minimum Gasteiger partial charge on any atom is -0.374 e. The Hall–Kier alpha value is -0.910. The average molecular weight is 526 g/mol. The summed E-state index contributed by atoms with van der Waals surface area (Å²) in [5, 5.41) is 6.22. The van der Waals surface area contributed by atoms with Crippen molar-refractivity contribution in [2.75, 3.05) is 45.6 Å². The van der Waals surface area contributed by atoms with Crippen molar-refractivity contribution in [3.8, 4) is 0 Å². The molecule has 0 bridgehead atoms. The second kappa shape index (κ2) is 15.0. The molecule has 0 radical (unpaired) electrons. The van der Waals surface area contributed by atoms with Crippen LogP contribution in [0, 0.1) is 0 Å². The lowest BCUT2D eigenvalue weighted by atomic mass is 10.1. The summed E-state index contributed by atoms with van der Waals surface area (Å²) in [7, 11) is -1.55. The molecule has 0 saturated heterocycles. The number of sulfonamides is 1. The average Bonchev–Trinajstić information content (AvgIpc) is 2.67. The van der Waals surface area contributed by atoms with Crippen LogP contribution in [0.5, 0.6) is 0 Å². The normalized spacial score (nSPS) is 13.1. The first-order valence-electron chi connectivity index (χ1n) is 9.53. The molecule has 7 nitrogen and oxygen atoms in total. The highest BCUT2D eigenvalue weighted by molar-refractivity contribution is 14.0. The summed E-state index contributed by atoms with van der Waals surface area (Å²) < 4.78 is 31.6. The third-order valence-corrected chi connectivity index (χ3v) is 6.25. The van der Waals surface area contributed by atoms with E-state index in [0.717, 1.165) is 12.0 Å². The molecule has 0 amide bonds. The summed E-state index contributed by atoms with van der Waals surface area (Å²) >= 11 is 0. The predicted molar refractivity (Wildman–Crippen MR) is 127 cm³/mol. The quantitative estimate of drug-likeness (QED) is 0.189. The number of nitrogens with one attached hydrogen (secondary N) is 2. The maximum atomic E-state index is 12.2. The van der Waals surface area contributed by atoms with Gasteiger partial charge in [-0.25, -0.2) is 12.7 Å². The monoisotopic (exact) mass is 526 g/mol. The number of hydrogen-bond acceptors (Lipinski definition) is 4. The van der Waals surface area contributed by atoms with Crippen LogP contribution in [-0.4, -0.2) is 64.3 Å². The van der Waals surface area contributed by atoms with Crippen LogP contribution in [0.15, 0.2) is 35.3 Å². The maximum absolute atomic E-state index is 12.2. The van der Waals surface area contributed by atoms with E-state index in [9.17, 15) is 8.42 Å². The summed E-state index contributed by atoms with van der Waals surface area (Å²) in [5.74, 6) is 0.647. The zero-order valence-corrected chi connectivity index (χ0v) is 20.5. The number of benzene rings is 1. The molecule has 2 N–H and O–H groups in total. The highest BCUT2D eigenvalue weighted by Crippen LogP contribution is 2.15. The minimum absolute atomic E-state index is 0. The van der Waals surface area contributed by atoms with Gasteiger partial charge >= 0.3 is 0 Å². The SMILES string of the molecule is CCN(CC)S(=O)(=O)CCNC(=NC)NCCCOC(C)c1ccccc1.I. The molecule has 1 atom stereocenters. The van der Waals surface area contributed by atoms with Gasteiger partial charge in [-0.05, 0) is 18.9 Å². The molecule has 162 valence electrons. The number of guanidine groups is 1. The highest BCUT2D eigenvalue weighted by Gasteiger charge is 2.18. The van der Waals surface area contributed by atoms with Gasteiger partial charge in [0.15, 0.2) is 5.96 Å². The molecular formula is C19H35IN4O3S. The van der Waals surface area contributed by atoms with Crippen molar-refractivity contribution in [3.63, 3.8) is 0 Å². The van der Waals surface area contributed by atoms with Gasteiger partial charge in [0.05, 0.1) is 11.9 Å². The largest absolute Gasteiger partial charge is 0.374 e. The zero-order chi connectivity index (χ0) is 20.1. The Balaban J connectivity index is 0.00000729. The van der Waals surface area contributed by atoms with E-state index in [1.165, 1.54) is 4.31 Å². The Morgan fingerprint density at radius 1 is 1.14 bits per heavy atom.